The molecular weight excluding hydrogens is 288 g/mol. The smallest absolute Gasteiger partial charge is 0.340 e. The van der Waals surface area contributed by atoms with E-state index in [0.717, 1.165) is 5.56 Å². The summed E-state index contributed by atoms with van der Waals surface area (Å²) in [7, 11) is 1.33. The topological polar surface area (TPSA) is 64.3 Å². The lowest BCUT2D eigenvalue weighted by Gasteiger charge is -2.18. The van der Waals surface area contributed by atoms with Gasteiger partial charge >= 0.3 is 5.97 Å². The first-order valence-electron chi connectivity index (χ1n) is 6.51. The number of nitrogens with two attached hydrogens (primary N) is 1. The van der Waals surface area contributed by atoms with Crippen molar-refractivity contribution >= 4 is 28.9 Å². The molecule has 0 aliphatic heterocycles. The molecule has 2 aromatic carbocycles. The summed E-state index contributed by atoms with van der Waals surface area (Å²) in [6, 6.07) is 12.8. The van der Waals surface area contributed by atoms with Gasteiger partial charge in [0.25, 0.3) is 0 Å². The SMILES string of the molecule is COC(=O)c1cccc(NC(C)c2ccc(Cl)cc2)c1N. The molecule has 0 amide bonds. The zero-order valence-electron chi connectivity index (χ0n) is 11.9. The van der Waals surface area contributed by atoms with Gasteiger partial charge in [0.1, 0.15) is 0 Å². The van der Waals surface area contributed by atoms with Crippen molar-refractivity contribution in [3.05, 3.63) is 58.6 Å². The van der Waals surface area contributed by atoms with Crippen LogP contribution in [0.25, 0.3) is 0 Å². The first-order valence-corrected chi connectivity index (χ1v) is 6.89. The third kappa shape index (κ3) is 3.47. The molecule has 1 unspecified atom stereocenters. The third-order valence-corrected chi connectivity index (χ3v) is 3.51. The summed E-state index contributed by atoms with van der Waals surface area (Å²) in [6.45, 7) is 2.01. The maximum atomic E-state index is 11.6. The summed E-state index contributed by atoms with van der Waals surface area (Å²) in [5.74, 6) is -0.449. The Kier molecular flexibility index (Phi) is 4.70. The largest absolute Gasteiger partial charge is 0.465 e. The lowest BCUT2D eigenvalue weighted by atomic mass is 10.1. The second-order valence-corrected chi connectivity index (χ2v) is 5.11. The van der Waals surface area contributed by atoms with E-state index in [0.29, 0.717) is 22.0 Å². The van der Waals surface area contributed by atoms with Crippen molar-refractivity contribution in [1.82, 2.24) is 0 Å². The lowest BCUT2D eigenvalue weighted by Crippen LogP contribution is -2.11. The third-order valence-electron chi connectivity index (χ3n) is 3.25. The second kappa shape index (κ2) is 6.50. The maximum absolute atomic E-state index is 11.6. The van der Waals surface area contributed by atoms with E-state index in [4.69, 9.17) is 22.1 Å². The molecule has 2 aromatic rings. The van der Waals surface area contributed by atoms with Crippen molar-refractivity contribution in [3.8, 4) is 0 Å². The number of halogens is 1. The Bertz CT molecular complexity index is 641. The van der Waals surface area contributed by atoms with Gasteiger partial charge in [-0.05, 0) is 36.8 Å². The van der Waals surface area contributed by atoms with Crippen molar-refractivity contribution in [2.75, 3.05) is 18.2 Å². The van der Waals surface area contributed by atoms with Gasteiger partial charge < -0.3 is 15.8 Å². The van der Waals surface area contributed by atoms with Crippen LogP contribution in [-0.4, -0.2) is 13.1 Å². The molecule has 0 aromatic heterocycles. The molecule has 4 nitrogen and oxygen atoms in total. The summed E-state index contributed by atoms with van der Waals surface area (Å²) >= 11 is 5.88. The maximum Gasteiger partial charge on any atom is 0.340 e. The van der Waals surface area contributed by atoms with Crippen LogP contribution in [0.5, 0.6) is 0 Å². The van der Waals surface area contributed by atoms with Crippen LogP contribution in [0.1, 0.15) is 28.9 Å². The van der Waals surface area contributed by atoms with Gasteiger partial charge in [-0.3, -0.25) is 0 Å². The van der Waals surface area contributed by atoms with Crippen molar-refractivity contribution in [2.24, 2.45) is 0 Å². The highest BCUT2D eigenvalue weighted by Gasteiger charge is 2.14. The van der Waals surface area contributed by atoms with Gasteiger partial charge in [0.05, 0.1) is 24.0 Å². The Balaban J connectivity index is 2.23. The Hall–Kier alpha value is -2.20. The molecule has 0 aliphatic carbocycles. The number of methoxy groups -OCH3 is 1. The van der Waals surface area contributed by atoms with E-state index >= 15 is 0 Å². The molecule has 0 radical (unpaired) electrons. The minimum atomic E-state index is -0.449. The molecule has 0 fully saturated rings. The van der Waals surface area contributed by atoms with Gasteiger partial charge in [-0.25, -0.2) is 4.79 Å². The highest BCUT2D eigenvalue weighted by Crippen LogP contribution is 2.27. The van der Waals surface area contributed by atoms with Gasteiger partial charge in [0, 0.05) is 11.1 Å². The number of nitrogen functional groups attached to an aromatic ring is 1. The van der Waals surface area contributed by atoms with E-state index in [9.17, 15) is 4.79 Å². The second-order valence-electron chi connectivity index (χ2n) is 4.68. The highest BCUT2D eigenvalue weighted by molar-refractivity contribution is 6.30. The summed E-state index contributed by atoms with van der Waals surface area (Å²) in [6.07, 6.45) is 0. The fourth-order valence-corrected chi connectivity index (χ4v) is 2.17. The normalized spacial score (nSPS) is 11.8. The number of benzene rings is 2. The number of carbonyl (C=O) groups is 1. The Labute approximate surface area is 128 Å². The molecule has 21 heavy (non-hydrogen) atoms. The standard InChI is InChI=1S/C16H17ClN2O2/c1-10(11-6-8-12(17)9-7-11)19-14-5-3-4-13(15(14)18)16(20)21-2/h3-10,19H,18H2,1-2H3. The Morgan fingerprint density at radius 1 is 1.24 bits per heavy atom. The van der Waals surface area contributed by atoms with Crippen LogP contribution in [0.3, 0.4) is 0 Å². The predicted molar refractivity (Wildman–Crippen MR) is 85.7 cm³/mol. The fraction of sp³-hybridized carbons (Fsp3) is 0.188. The molecule has 0 aliphatic rings. The number of nitrogens with one attached hydrogen (secondary N) is 1. The monoisotopic (exact) mass is 304 g/mol. The molecule has 110 valence electrons. The van der Waals surface area contributed by atoms with Gasteiger partial charge in [0.15, 0.2) is 0 Å². The van der Waals surface area contributed by atoms with E-state index in [2.05, 4.69) is 5.32 Å². The molecule has 3 N–H and O–H groups in total. The number of anilines is 2. The van der Waals surface area contributed by atoms with Crippen LogP contribution >= 0.6 is 11.6 Å². The Morgan fingerprint density at radius 3 is 2.52 bits per heavy atom. The Morgan fingerprint density at radius 2 is 1.90 bits per heavy atom. The van der Waals surface area contributed by atoms with Crippen LogP contribution in [0.4, 0.5) is 11.4 Å². The summed E-state index contributed by atoms with van der Waals surface area (Å²) in [5, 5.41) is 3.98. The van der Waals surface area contributed by atoms with Gasteiger partial charge in [-0.15, -0.1) is 0 Å². The minimum Gasteiger partial charge on any atom is -0.465 e. The van der Waals surface area contributed by atoms with Crippen LogP contribution in [0.2, 0.25) is 5.02 Å². The molecular formula is C16H17ClN2O2. The number of rotatable bonds is 4. The molecule has 1 atom stereocenters. The summed E-state index contributed by atoms with van der Waals surface area (Å²) < 4.78 is 4.71. The highest BCUT2D eigenvalue weighted by atomic mass is 35.5. The quantitative estimate of drug-likeness (QED) is 0.664. The van der Waals surface area contributed by atoms with Crippen molar-refractivity contribution in [1.29, 1.82) is 0 Å². The molecule has 0 bridgehead atoms. The van der Waals surface area contributed by atoms with Crippen molar-refractivity contribution in [2.45, 2.75) is 13.0 Å². The first kappa shape index (κ1) is 15.2. The predicted octanol–water partition coefficient (Wildman–Crippen LogP) is 3.88. The zero-order chi connectivity index (χ0) is 15.4. The molecule has 0 saturated heterocycles. The first-order chi connectivity index (χ1) is 10.0. The number of carbonyl (C=O) groups excluding carboxylic acids is 1. The van der Waals surface area contributed by atoms with Gasteiger partial charge in [-0.2, -0.15) is 0 Å². The number of para-hydroxylation sites is 1. The minimum absolute atomic E-state index is 0.0254. The van der Waals surface area contributed by atoms with E-state index in [-0.39, 0.29) is 6.04 Å². The van der Waals surface area contributed by atoms with E-state index in [1.807, 2.05) is 37.3 Å². The van der Waals surface area contributed by atoms with Crippen LogP contribution in [-0.2, 0) is 4.74 Å². The van der Waals surface area contributed by atoms with Gasteiger partial charge in [0.2, 0.25) is 0 Å². The molecule has 5 heteroatoms. The molecule has 0 saturated carbocycles. The van der Waals surface area contributed by atoms with Crippen LogP contribution in [0.15, 0.2) is 42.5 Å². The van der Waals surface area contributed by atoms with Crippen molar-refractivity contribution < 1.29 is 9.53 Å². The number of hydrogen-bond donors (Lipinski definition) is 2. The average Bonchev–Trinajstić information content (AvgIpc) is 2.49. The van der Waals surface area contributed by atoms with E-state index in [1.54, 1.807) is 12.1 Å². The van der Waals surface area contributed by atoms with Crippen molar-refractivity contribution in [3.63, 3.8) is 0 Å². The summed E-state index contributed by atoms with van der Waals surface area (Å²) in [4.78, 5) is 11.6. The summed E-state index contributed by atoms with van der Waals surface area (Å²) in [5.41, 5.74) is 8.52. The fourth-order valence-electron chi connectivity index (χ4n) is 2.05. The molecule has 0 heterocycles. The molecule has 0 spiro atoms. The number of ether oxygens (including phenoxy) is 1. The number of hydrogen-bond acceptors (Lipinski definition) is 4. The zero-order valence-corrected chi connectivity index (χ0v) is 12.6. The average molecular weight is 305 g/mol. The van der Waals surface area contributed by atoms with Crippen LogP contribution < -0.4 is 11.1 Å². The van der Waals surface area contributed by atoms with E-state index < -0.39 is 5.97 Å². The van der Waals surface area contributed by atoms with Gasteiger partial charge in [-0.1, -0.05) is 29.8 Å². The molecule has 2 rings (SSSR count). The van der Waals surface area contributed by atoms with Crippen LogP contribution in [0, 0.1) is 0 Å². The number of esters is 1. The van der Waals surface area contributed by atoms with E-state index in [1.165, 1.54) is 7.11 Å². The lowest BCUT2D eigenvalue weighted by molar-refractivity contribution is 0.0602.